The zero-order chi connectivity index (χ0) is 18.8. The topological polar surface area (TPSA) is 48.1 Å². The van der Waals surface area contributed by atoms with Gasteiger partial charge in [-0.15, -0.1) is 11.3 Å². The maximum atomic E-state index is 5.70. The van der Waals surface area contributed by atoms with Crippen molar-refractivity contribution in [2.24, 2.45) is 10.1 Å². The summed E-state index contributed by atoms with van der Waals surface area (Å²) in [6, 6.07) is 14.4. The van der Waals surface area contributed by atoms with Crippen LogP contribution >= 0.6 is 11.3 Å². The van der Waals surface area contributed by atoms with Crippen molar-refractivity contribution in [3.63, 3.8) is 0 Å². The van der Waals surface area contributed by atoms with E-state index in [-0.39, 0.29) is 0 Å². The quantitative estimate of drug-likeness (QED) is 0.643. The molecule has 5 nitrogen and oxygen atoms in total. The number of rotatable bonds is 3. The fraction of sp³-hybridized carbons (Fsp3) is 0.238. The second-order valence-electron chi connectivity index (χ2n) is 6.35. The van der Waals surface area contributed by atoms with Crippen LogP contribution in [0.25, 0.3) is 11.3 Å². The van der Waals surface area contributed by atoms with Gasteiger partial charge in [-0.2, -0.15) is 5.10 Å². The summed E-state index contributed by atoms with van der Waals surface area (Å²) in [5.74, 6) is 1.55. The fourth-order valence-electron chi connectivity index (χ4n) is 2.95. The van der Waals surface area contributed by atoms with Crippen molar-refractivity contribution >= 4 is 17.0 Å². The summed E-state index contributed by atoms with van der Waals surface area (Å²) < 4.78 is 13.2. The molecule has 0 atom stereocenters. The first kappa shape index (κ1) is 17.5. The van der Waals surface area contributed by atoms with Gasteiger partial charge in [0.2, 0.25) is 4.80 Å². The lowest BCUT2D eigenvalue weighted by Gasteiger charge is -2.18. The largest absolute Gasteiger partial charge is 0.486 e. The van der Waals surface area contributed by atoms with Gasteiger partial charge >= 0.3 is 0 Å². The van der Waals surface area contributed by atoms with E-state index in [0.29, 0.717) is 13.2 Å². The van der Waals surface area contributed by atoms with Gasteiger partial charge in [0.15, 0.2) is 11.5 Å². The summed E-state index contributed by atoms with van der Waals surface area (Å²) in [5, 5.41) is 6.95. The van der Waals surface area contributed by atoms with E-state index < -0.39 is 0 Å². The third-order valence-corrected chi connectivity index (χ3v) is 5.34. The van der Waals surface area contributed by atoms with Crippen molar-refractivity contribution in [2.75, 3.05) is 20.3 Å². The molecular weight excluding hydrogens is 358 g/mol. The highest BCUT2D eigenvalue weighted by molar-refractivity contribution is 7.07. The second-order valence-corrected chi connectivity index (χ2v) is 7.19. The molecule has 138 valence electrons. The molecule has 2 aromatic carbocycles. The number of benzene rings is 2. The lowest BCUT2D eigenvalue weighted by Crippen LogP contribution is -2.16. The molecule has 1 aliphatic heterocycles. The van der Waals surface area contributed by atoms with E-state index >= 15 is 0 Å². The highest BCUT2D eigenvalue weighted by Gasteiger charge is 2.13. The fourth-order valence-corrected chi connectivity index (χ4v) is 3.74. The van der Waals surface area contributed by atoms with Gasteiger partial charge in [-0.05, 0) is 32.0 Å². The van der Waals surface area contributed by atoms with Gasteiger partial charge in [0.05, 0.1) is 11.4 Å². The van der Waals surface area contributed by atoms with Crippen molar-refractivity contribution in [3.05, 3.63) is 63.8 Å². The number of aryl methyl sites for hydroxylation is 1. The first-order chi connectivity index (χ1) is 13.2. The van der Waals surface area contributed by atoms with E-state index in [1.165, 1.54) is 5.56 Å². The predicted octanol–water partition coefficient (Wildman–Crippen LogP) is 4.10. The number of nitrogens with zero attached hydrogens (tertiary/aromatic N) is 3. The Morgan fingerprint density at radius 2 is 1.78 bits per heavy atom. The van der Waals surface area contributed by atoms with Crippen LogP contribution in [0.2, 0.25) is 0 Å². The van der Waals surface area contributed by atoms with Gasteiger partial charge in [0.1, 0.15) is 13.2 Å². The highest BCUT2D eigenvalue weighted by Crippen LogP contribution is 2.31. The number of hydrogen-bond donors (Lipinski definition) is 0. The van der Waals surface area contributed by atoms with Gasteiger partial charge in [-0.1, -0.05) is 29.8 Å². The molecule has 0 saturated carbocycles. The Hall–Kier alpha value is -2.86. The lowest BCUT2D eigenvalue weighted by molar-refractivity contribution is 0.171. The van der Waals surface area contributed by atoms with Crippen molar-refractivity contribution in [3.8, 4) is 22.8 Å². The molecule has 0 aliphatic carbocycles. The van der Waals surface area contributed by atoms with Crippen molar-refractivity contribution in [1.82, 2.24) is 4.68 Å². The van der Waals surface area contributed by atoms with Crippen LogP contribution in [0.3, 0.4) is 0 Å². The minimum absolute atomic E-state index is 0.572. The summed E-state index contributed by atoms with van der Waals surface area (Å²) in [6.07, 6.45) is 0. The number of ether oxygens (including phenoxy) is 2. The molecule has 1 aromatic heterocycles. The molecular formula is C21H21N3O2S. The van der Waals surface area contributed by atoms with Crippen LogP contribution in [0, 0.1) is 6.92 Å². The molecule has 0 fully saturated rings. The molecule has 0 radical (unpaired) electrons. The predicted molar refractivity (Wildman–Crippen MR) is 109 cm³/mol. The Balaban J connectivity index is 1.77. The maximum absolute atomic E-state index is 5.70. The minimum Gasteiger partial charge on any atom is -0.486 e. The maximum Gasteiger partial charge on any atom is 0.205 e. The van der Waals surface area contributed by atoms with Gasteiger partial charge in [0.25, 0.3) is 0 Å². The Morgan fingerprint density at radius 1 is 1.04 bits per heavy atom. The average molecular weight is 379 g/mol. The zero-order valence-electron chi connectivity index (χ0n) is 15.6. The Morgan fingerprint density at radius 3 is 2.52 bits per heavy atom. The Bertz CT molecular complexity index is 1060. The van der Waals surface area contributed by atoms with Gasteiger partial charge in [-0.3, -0.25) is 4.99 Å². The van der Waals surface area contributed by atoms with Gasteiger partial charge < -0.3 is 9.47 Å². The van der Waals surface area contributed by atoms with Crippen LogP contribution in [0.15, 0.2) is 57.9 Å². The Labute approximate surface area is 162 Å². The molecule has 0 spiro atoms. The van der Waals surface area contributed by atoms with E-state index in [4.69, 9.17) is 14.6 Å². The molecule has 1 aliphatic rings. The molecule has 0 unspecified atom stereocenters. The van der Waals surface area contributed by atoms with E-state index in [0.717, 1.165) is 38.8 Å². The summed E-state index contributed by atoms with van der Waals surface area (Å²) in [4.78, 5) is 5.23. The van der Waals surface area contributed by atoms with Gasteiger partial charge in [-0.25, -0.2) is 4.68 Å². The number of fused-ring (bicyclic) bond motifs is 1. The van der Waals surface area contributed by atoms with Crippen LogP contribution in [0.4, 0.5) is 0 Å². The molecule has 3 aromatic rings. The van der Waals surface area contributed by atoms with E-state index in [1.54, 1.807) is 18.4 Å². The summed E-state index contributed by atoms with van der Waals surface area (Å²) in [5.41, 5.74) is 5.25. The van der Waals surface area contributed by atoms with Crippen molar-refractivity contribution in [1.29, 1.82) is 0 Å². The molecule has 27 heavy (non-hydrogen) atoms. The van der Waals surface area contributed by atoms with Crippen LogP contribution in [0.5, 0.6) is 11.5 Å². The summed E-state index contributed by atoms with van der Waals surface area (Å²) in [6.45, 7) is 5.24. The van der Waals surface area contributed by atoms with E-state index in [1.807, 2.05) is 29.8 Å². The number of thiazole rings is 1. The third-order valence-electron chi connectivity index (χ3n) is 4.43. The van der Waals surface area contributed by atoms with Crippen molar-refractivity contribution < 1.29 is 9.47 Å². The Kier molecular flexibility index (Phi) is 4.81. The zero-order valence-corrected chi connectivity index (χ0v) is 16.4. The third kappa shape index (κ3) is 3.53. The molecule has 0 saturated heterocycles. The van der Waals surface area contributed by atoms with Gasteiger partial charge in [0, 0.05) is 23.6 Å². The summed E-state index contributed by atoms with van der Waals surface area (Å²) >= 11 is 1.58. The second kappa shape index (κ2) is 7.40. The first-order valence-corrected chi connectivity index (χ1v) is 9.69. The lowest BCUT2D eigenvalue weighted by atomic mass is 10.1. The molecule has 0 N–H and O–H groups in total. The standard InChI is InChI=1S/C21H21N3O2S/c1-14-4-6-16(7-5-14)18-13-27-21(22-3)24(18)23-15(2)17-8-9-19-20(12-17)26-11-10-25-19/h4-9,12-13H,10-11H2,1-3H3. The molecule has 4 rings (SSSR count). The molecule has 0 bridgehead atoms. The summed E-state index contributed by atoms with van der Waals surface area (Å²) in [7, 11) is 1.79. The van der Waals surface area contributed by atoms with Crippen LogP contribution in [-0.2, 0) is 0 Å². The smallest absolute Gasteiger partial charge is 0.205 e. The van der Waals surface area contributed by atoms with E-state index in [2.05, 4.69) is 41.6 Å². The number of aromatic nitrogens is 1. The average Bonchev–Trinajstić information content (AvgIpc) is 3.10. The van der Waals surface area contributed by atoms with Crippen LogP contribution < -0.4 is 14.3 Å². The normalized spacial score (nSPS) is 14.5. The minimum atomic E-state index is 0.572. The van der Waals surface area contributed by atoms with Crippen LogP contribution in [-0.4, -0.2) is 30.6 Å². The molecule has 2 heterocycles. The van der Waals surface area contributed by atoms with E-state index in [9.17, 15) is 0 Å². The monoisotopic (exact) mass is 379 g/mol. The molecule has 6 heteroatoms. The van der Waals surface area contributed by atoms with Crippen molar-refractivity contribution in [2.45, 2.75) is 13.8 Å². The SMILES string of the molecule is CN=c1scc(-c2ccc(C)cc2)n1N=C(C)c1ccc2c(c1)OCCO2. The highest BCUT2D eigenvalue weighted by atomic mass is 32.1. The molecule has 0 amide bonds. The number of hydrogen-bond acceptors (Lipinski definition) is 5. The van der Waals surface area contributed by atoms with Crippen LogP contribution in [0.1, 0.15) is 18.1 Å². The first-order valence-electron chi connectivity index (χ1n) is 8.82.